The van der Waals surface area contributed by atoms with Gasteiger partial charge in [0.2, 0.25) is 0 Å². The van der Waals surface area contributed by atoms with Crippen LogP contribution in [0.5, 0.6) is 0 Å². The van der Waals surface area contributed by atoms with Gasteiger partial charge >= 0.3 is 0 Å². The number of ether oxygens (including phenoxy) is 1. The molecule has 1 heterocycles. The third kappa shape index (κ3) is 6.33. The van der Waals surface area contributed by atoms with Crippen molar-refractivity contribution in [3.05, 3.63) is 35.9 Å². The normalized spacial score (nSPS) is 17.5. The van der Waals surface area contributed by atoms with Crippen molar-refractivity contribution in [1.29, 1.82) is 0 Å². The molecule has 1 fully saturated rings. The van der Waals surface area contributed by atoms with Crippen molar-refractivity contribution in [1.82, 2.24) is 15.5 Å². The summed E-state index contributed by atoms with van der Waals surface area (Å²) in [4.78, 5) is 6.89. The largest absolute Gasteiger partial charge is 0.379 e. The molecule has 2 rings (SSSR count). The predicted molar refractivity (Wildman–Crippen MR) is 105 cm³/mol. The van der Waals surface area contributed by atoms with E-state index in [2.05, 4.69) is 64.7 Å². The van der Waals surface area contributed by atoms with Gasteiger partial charge in [-0.25, -0.2) is 0 Å². The standard InChI is InChI=1S/C20H34N4O/c1-4-17(5-2)15-22-20(21-3)23-16-19(18-9-7-6-8-10-18)24-11-13-25-14-12-24/h6-10,17,19H,4-5,11-16H2,1-3H3,(H2,21,22,23). The Balaban J connectivity index is 1.96. The number of aliphatic imine (C=N–C) groups is 1. The smallest absolute Gasteiger partial charge is 0.191 e. The number of morpholine rings is 1. The number of hydrogen-bond donors (Lipinski definition) is 2. The minimum absolute atomic E-state index is 0.330. The summed E-state index contributed by atoms with van der Waals surface area (Å²) in [5.74, 6) is 1.59. The first-order valence-corrected chi connectivity index (χ1v) is 9.59. The number of nitrogens with zero attached hydrogens (tertiary/aromatic N) is 2. The van der Waals surface area contributed by atoms with Crippen molar-refractivity contribution >= 4 is 5.96 Å². The maximum atomic E-state index is 5.52. The summed E-state index contributed by atoms with van der Waals surface area (Å²) in [6.45, 7) is 9.87. The molecule has 0 radical (unpaired) electrons. The molecule has 0 saturated carbocycles. The number of guanidine groups is 1. The van der Waals surface area contributed by atoms with Crippen molar-refractivity contribution in [2.75, 3.05) is 46.4 Å². The van der Waals surface area contributed by atoms with E-state index in [-0.39, 0.29) is 0 Å². The van der Waals surface area contributed by atoms with Gasteiger partial charge < -0.3 is 15.4 Å². The highest BCUT2D eigenvalue weighted by Crippen LogP contribution is 2.21. The van der Waals surface area contributed by atoms with Gasteiger partial charge in [0.05, 0.1) is 19.3 Å². The Kier molecular flexibility index (Phi) is 8.77. The summed E-state index contributed by atoms with van der Waals surface area (Å²) in [5.41, 5.74) is 1.34. The molecule has 0 spiro atoms. The molecule has 0 amide bonds. The van der Waals surface area contributed by atoms with Gasteiger partial charge in [0.1, 0.15) is 0 Å². The number of nitrogens with one attached hydrogen (secondary N) is 2. The SMILES string of the molecule is CCC(CC)CNC(=NC)NCC(c1ccccc1)N1CCOCC1. The second-order valence-electron chi connectivity index (χ2n) is 6.59. The first kappa shape index (κ1) is 19.7. The van der Waals surface area contributed by atoms with Crippen LogP contribution < -0.4 is 10.6 Å². The summed E-state index contributed by atoms with van der Waals surface area (Å²) in [6.07, 6.45) is 2.39. The van der Waals surface area contributed by atoms with Gasteiger partial charge in [-0.15, -0.1) is 0 Å². The molecule has 25 heavy (non-hydrogen) atoms. The average Bonchev–Trinajstić information content (AvgIpc) is 2.69. The van der Waals surface area contributed by atoms with Crippen LogP contribution in [-0.2, 0) is 4.74 Å². The number of rotatable bonds is 8. The van der Waals surface area contributed by atoms with Crippen LogP contribution >= 0.6 is 0 Å². The Labute approximate surface area is 152 Å². The van der Waals surface area contributed by atoms with E-state index < -0.39 is 0 Å². The molecule has 0 bridgehead atoms. The molecule has 1 saturated heterocycles. The van der Waals surface area contributed by atoms with E-state index in [1.165, 1.54) is 18.4 Å². The number of benzene rings is 1. The molecule has 1 aliphatic rings. The van der Waals surface area contributed by atoms with Gasteiger partial charge in [-0.1, -0.05) is 57.0 Å². The lowest BCUT2D eigenvalue weighted by molar-refractivity contribution is 0.0170. The molecule has 1 aromatic rings. The molecule has 5 nitrogen and oxygen atoms in total. The lowest BCUT2D eigenvalue weighted by atomic mass is 10.0. The van der Waals surface area contributed by atoms with Gasteiger partial charge in [-0.2, -0.15) is 0 Å². The van der Waals surface area contributed by atoms with E-state index in [1.54, 1.807) is 0 Å². The quantitative estimate of drug-likeness (QED) is 0.561. The fraction of sp³-hybridized carbons (Fsp3) is 0.650. The first-order chi connectivity index (χ1) is 12.3. The summed E-state index contributed by atoms with van der Waals surface area (Å²) in [7, 11) is 1.84. The van der Waals surface area contributed by atoms with Crippen LogP contribution in [0.25, 0.3) is 0 Å². The Bertz CT molecular complexity index is 496. The molecule has 1 unspecified atom stereocenters. The summed E-state index contributed by atoms with van der Waals surface area (Å²) >= 11 is 0. The van der Waals surface area contributed by atoms with Crippen LogP contribution in [0.1, 0.15) is 38.3 Å². The minimum Gasteiger partial charge on any atom is -0.379 e. The van der Waals surface area contributed by atoms with Crippen LogP contribution in [0, 0.1) is 5.92 Å². The highest BCUT2D eigenvalue weighted by atomic mass is 16.5. The molecule has 140 valence electrons. The zero-order chi connectivity index (χ0) is 17.9. The zero-order valence-electron chi connectivity index (χ0n) is 16.0. The lowest BCUT2D eigenvalue weighted by Crippen LogP contribution is -2.46. The monoisotopic (exact) mass is 346 g/mol. The van der Waals surface area contributed by atoms with E-state index >= 15 is 0 Å². The molecule has 0 aliphatic carbocycles. The molecular weight excluding hydrogens is 312 g/mol. The van der Waals surface area contributed by atoms with Gasteiger partial charge in [0, 0.05) is 33.2 Å². The van der Waals surface area contributed by atoms with Crippen LogP contribution in [0.3, 0.4) is 0 Å². The molecule has 5 heteroatoms. The highest BCUT2D eigenvalue weighted by Gasteiger charge is 2.22. The fourth-order valence-electron chi connectivity index (χ4n) is 3.25. The maximum Gasteiger partial charge on any atom is 0.191 e. The van der Waals surface area contributed by atoms with Crippen LogP contribution in [0.15, 0.2) is 35.3 Å². The Morgan fingerprint density at radius 2 is 1.72 bits per heavy atom. The molecule has 0 aromatic heterocycles. The van der Waals surface area contributed by atoms with E-state index in [1.807, 2.05) is 7.05 Å². The highest BCUT2D eigenvalue weighted by molar-refractivity contribution is 5.79. The third-order valence-electron chi connectivity index (χ3n) is 5.07. The molecular formula is C20H34N4O. The fourth-order valence-corrected chi connectivity index (χ4v) is 3.25. The van der Waals surface area contributed by atoms with Crippen LogP contribution in [0.2, 0.25) is 0 Å². The summed E-state index contributed by atoms with van der Waals surface area (Å²) in [6, 6.07) is 11.1. The Morgan fingerprint density at radius 1 is 1.08 bits per heavy atom. The maximum absolute atomic E-state index is 5.52. The second-order valence-corrected chi connectivity index (χ2v) is 6.59. The van der Waals surface area contributed by atoms with Crippen molar-refractivity contribution in [2.45, 2.75) is 32.7 Å². The first-order valence-electron chi connectivity index (χ1n) is 9.59. The molecule has 1 aliphatic heterocycles. The molecule has 1 aromatic carbocycles. The van der Waals surface area contributed by atoms with E-state index in [0.29, 0.717) is 12.0 Å². The summed E-state index contributed by atoms with van der Waals surface area (Å²) in [5, 5.41) is 7.00. The topological polar surface area (TPSA) is 48.9 Å². The minimum atomic E-state index is 0.330. The molecule has 1 atom stereocenters. The van der Waals surface area contributed by atoms with Gasteiger partial charge in [-0.3, -0.25) is 9.89 Å². The van der Waals surface area contributed by atoms with Crippen LogP contribution in [0.4, 0.5) is 0 Å². The number of hydrogen-bond acceptors (Lipinski definition) is 3. The molecule has 2 N–H and O–H groups in total. The third-order valence-corrected chi connectivity index (χ3v) is 5.07. The van der Waals surface area contributed by atoms with Gasteiger partial charge in [0.25, 0.3) is 0 Å². The van der Waals surface area contributed by atoms with Gasteiger partial charge in [-0.05, 0) is 11.5 Å². The predicted octanol–water partition coefficient (Wildman–Crippen LogP) is 2.66. The van der Waals surface area contributed by atoms with E-state index in [4.69, 9.17) is 4.74 Å². The second kappa shape index (κ2) is 11.1. The Morgan fingerprint density at radius 3 is 2.32 bits per heavy atom. The lowest BCUT2D eigenvalue weighted by Gasteiger charge is -2.35. The Hall–Kier alpha value is -1.59. The summed E-state index contributed by atoms with van der Waals surface area (Å²) < 4.78 is 5.52. The van der Waals surface area contributed by atoms with Crippen LogP contribution in [-0.4, -0.2) is 57.3 Å². The van der Waals surface area contributed by atoms with Crippen molar-refractivity contribution in [3.8, 4) is 0 Å². The zero-order valence-corrected chi connectivity index (χ0v) is 16.0. The van der Waals surface area contributed by atoms with Crippen molar-refractivity contribution < 1.29 is 4.74 Å². The van der Waals surface area contributed by atoms with Gasteiger partial charge in [0.15, 0.2) is 5.96 Å². The van der Waals surface area contributed by atoms with Crippen molar-refractivity contribution in [2.24, 2.45) is 10.9 Å². The van der Waals surface area contributed by atoms with Crippen molar-refractivity contribution in [3.63, 3.8) is 0 Å². The van der Waals surface area contributed by atoms with E-state index in [9.17, 15) is 0 Å². The average molecular weight is 347 g/mol. The van der Waals surface area contributed by atoms with E-state index in [0.717, 1.165) is 45.4 Å².